The lowest BCUT2D eigenvalue weighted by Gasteiger charge is -2.01. The first-order valence-corrected chi connectivity index (χ1v) is 7.50. The first kappa shape index (κ1) is 15.1. The van der Waals surface area contributed by atoms with Gasteiger partial charge in [0.2, 0.25) is 0 Å². The fourth-order valence-corrected chi connectivity index (χ4v) is 2.49. The predicted molar refractivity (Wildman–Crippen MR) is 88.6 cm³/mol. The Balaban J connectivity index is 1.57. The van der Waals surface area contributed by atoms with Crippen LogP contribution in [-0.2, 0) is 0 Å². The molecule has 0 radical (unpaired) electrons. The average molecular weight is 337 g/mol. The van der Waals surface area contributed by atoms with Gasteiger partial charge in [-0.3, -0.25) is 4.79 Å². The maximum Gasteiger partial charge on any atom is 0.277 e. The van der Waals surface area contributed by atoms with Crippen molar-refractivity contribution in [3.05, 3.63) is 65.9 Å². The molecule has 0 aliphatic rings. The lowest BCUT2D eigenvalue weighted by atomic mass is 10.1. The van der Waals surface area contributed by atoms with Crippen molar-refractivity contribution >= 4 is 22.7 Å². The van der Waals surface area contributed by atoms with E-state index >= 15 is 0 Å². The van der Waals surface area contributed by atoms with Crippen molar-refractivity contribution in [1.82, 2.24) is 10.1 Å². The minimum Gasteiger partial charge on any atom is -0.441 e. The molecule has 0 aliphatic carbocycles. The van der Waals surface area contributed by atoms with Crippen molar-refractivity contribution in [2.45, 2.75) is 6.92 Å². The van der Waals surface area contributed by atoms with E-state index in [2.05, 4.69) is 15.5 Å². The van der Waals surface area contributed by atoms with Gasteiger partial charge < -0.3 is 14.3 Å². The molecule has 0 unspecified atom stereocenters. The molecule has 7 heteroatoms. The monoisotopic (exact) mass is 337 g/mol. The number of oxazole rings is 1. The summed E-state index contributed by atoms with van der Waals surface area (Å²) in [4.78, 5) is 16.5. The molecule has 0 aliphatic heterocycles. The fraction of sp³-hybridized carbons (Fsp3) is 0.0556. The Morgan fingerprint density at radius 2 is 2.00 bits per heavy atom. The summed E-state index contributed by atoms with van der Waals surface area (Å²) in [5.41, 5.74) is 2.12. The summed E-state index contributed by atoms with van der Waals surface area (Å²) in [5.74, 6) is -0.182. The highest BCUT2D eigenvalue weighted by atomic mass is 19.1. The van der Waals surface area contributed by atoms with Crippen LogP contribution >= 0.6 is 0 Å². The normalized spacial score (nSPS) is 11.0. The van der Waals surface area contributed by atoms with Crippen molar-refractivity contribution in [2.75, 3.05) is 5.32 Å². The molecule has 25 heavy (non-hydrogen) atoms. The second kappa shape index (κ2) is 5.86. The summed E-state index contributed by atoms with van der Waals surface area (Å²) < 4.78 is 24.3. The van der Waals surface area contributed by atoms with Crippen LogP contribution in [0.3, 0.4) is 0 Å². The molecule has 0 saturated carbocycles. The molecular weight excluding hydrogens is 325 g/mol. The highest BCUT2D eigenvalue weighted by Gasteiger charge is 2.16. The summed E-state index contributed by atoms with van der Waals surface area (Å²) in [6.45, 7) is 1.75. The van der Waals surface area contributed by atoms with Crippen LogP contribution in [0.4, 0.5) is 10.1 Å². The molecule has 6 nitrogen and oxygen atoms in total. The first-order chi connectivity index (χ1) is 12.1. The van der Waals surface area contributed by atoms with Gasteiger partial charge in [-0.15, -0.1) is 0 Å². The van der Waals surface area contributed by atoms with Crippen LogP contribution in [0.15, 0.2) is 57.5 Å². The van der Waals surface area contributed by atoms with Crippen LogP contribution in [0.5, 0.6) is 0 Å². The Labute approximate surface area is 141 Å². The molecule has 2 aromatic heterocycles. The summed E-state index contributed by atoms with van der Waals surface area (Å²) >= 11 is 0. The Kier molecular flexibility index (Phi) is 3.53. The van der Waals surface area contributed by atoms with Gasteiger partial charge in [0, 0.05) is 18.7 Å². The number of carbonyl (C=O) groups excluding carboxylic acids is 1. The third-order valence-electron chi connectivity index (χ3n) is 3.63. The van der Waals surface area contributed by atoms with Gasteiger partial charge in [-0.25, -0.2) is 9.37 Å². The van der Waals surface area contributed by atoms with Gasteiger partial charge in [-0.1, -0.05) is 17.3 Å². The molecular formula is C18H12FN3O3. The molecule has 0 saturated heterocycles. The lowest BCUT2D eigenvalue weighted by Crippen LogP contribution is -2.12. The molecule has 0 bridgehead atoms. The highest BCUT2D eigenvalue weighted by molar-refractivity contribution is 6.04. The van der Waals surface area contributed by atoms with E-state index in [9.17, 15) is 9.18 Å². The number of anilines is 1. The Hall–Kier alpha value is -3.48. The number of aryl methyl sites for hydroxylation is 1. The van der Waals surface area contributed by atoms with E-state index in [0.29, 0.717) is 22.7 Å². The molecule has 4 aromatic rings. The third kappa shape index (κ3) is 2.87. The van der Waals surface area contributed by atoms with Crippen molar-refractivity contribution in [3.8, 4) is 11.3 Å². The standard InChI is InChI=1S/C18H12FN3O3/c1-10-20-14-8-11(6-7-16(14)24-10)21-18(23)15-9-17(25-22-15)12-4-2-3-5-13(12)19/h2-9H,1H3,(H,21,23). The summed E-state index contributed by atoms with van der Waals surface area (Å²) in [7, 11) is 0. The van der Waals surface area contributed by atoms with Crippen LogP contribution in [0, 0.1) is 12.7 Å². The number of hydrogen-bond acceptors (Lipinski definition) is 5. The van der Waals surface area contributed by atoms with Gasteiger partial charge in [0.25, 0.3) is 5.91 Å². The zero-order chi connectivity index (χ0) is 17.4. The largest absolute Gasteiger partial charge is 0.441 e. The maximum absolute atomic E-state index is 13.8. The van der Waals surface area contributed by atoms with Crippen molar-refractivity contribution in [2.24, 2.45) is 0 Å². The number of aromatic nitrogens is 2. The zero-order valence-electron chi connectivity index (χ0n) is 13.1. The number of fused-ring (bicyclic) bond motifs is 1. The molecule has 2 aromatic carbocycles. The van der Waals surface area contributed by atoms with Gasteiger partial charge in [-0.05, 0) is 30.3 Å². The minimum absolute atomic E-state index is 0.0506. The Morgan fingerprint density at radius 1 is 1.16 bits per heavy atom. The van der Waals surface area contributed by atoms with E-state index in [1.165, 1.54) is 12.1 Å². The average Bonchev–Trinajstić information content (AvgIpc) is 3.20. The lowest BCUT2D eigenvalue weighted by molar-refractivity contribution is 0.101. The second-order valence-electron chi connectivity index (χ2n) is 5.43. The molecule has 0 atom stereocenters. The maximum atomic E-state index is 13.8. The van der Waals surface area contributed by atoms with Crippen LogP contribution in [0.2, 0.25) is 0 Å². The van der Waals surface area contributed by atoms with Crippen molar-refractivity contribution in [3.63, 3.8) is 0 Å². The fourth-order valence-electron chi connectivity index (χ4n) is 2.49. The van der Waals surface area contributed by atoms with Gasteiger partial charge in [0.05, 0.1) is 5.56 Å². The second-order valence-corrected chi connectivity index (χ2v) is 5.43. The van der Waals surface area contributed by atoms with Crippen molar-refractivity contribution < 1.29 is 18.1 Å². The molecule has 0 spiro atoms. The van der Waals surface area contributed by atoms with Crippen LogP contribution in [0.25, 0.3) is 22.4 Å². The number of halogens is 1. The zero-order valence-corrected chi connectivity index (χ0v) is 13.1. The topological polar surface area (TPSA) is 81.2 Å². The van der Waals surface area contributed by atoms with Crippen LogP contribution in [0.1, 0.15) is 16.4 Å². The number of rotatable bonds is 3. The first-order valence-electron chi connectivity index (χ1n) is 7.50. The molecule has 124 valence electrons. The van der Waals surface area contributed by atoms with Gasteiger partial charge in [0.1, 0.15) is 11.3 Å². The van der Waals surface area contributed by atoms with Crippen LogP contribution in [-0.4, -0.2) is 16.0 Å². The predicted octanol–water partition coefficient (Wildman–Crippen LogP) is 4.18. The quantitative estimate of drug-likeness (QED) is 0.606. The Morgan fingerprint density at radius 3 is 2.84 bits per heavy atom. The number of nitrogens with zero attached hydrogens (tertiary/aromatic N) is 2. The van der Waals surface area contributed by atoms with E-state index < -0.39 is 11.7 Å². The number of carbonyl (C=O) groups is 1. The van der Waals surface area contributed by atoms with E-state index in [1.807, 2.05) is 0 Å². The van der Waals surface area contributed by atoms with Gasteiger partial charge in [-0.2, -0.15) is 0 Å². The summed E-state index contributed by atoms with van der Waals surface area (Å²) in [6.07, 6.45) is 0. The number of benzene rings is 2. The van der Waals surface area contributed by atoms with E-state index in [0.717, 1.165) is 0 Å². The Bertz CT molecular complexity index is 1080. The third-order valence-corrected chi connectivity index (χ3v) is 3.63. The molecule has 2 heterocycles. The molecule has 1 N–H and O–H groups in total. The molecule has 4 rings (SSSR count). The molecule has 1 amide bonds. The van der Waals surface area contributed by atoms with Gasteiger partial charge in [0.15, 0.2) is 22.9 Å². The van der Waals surface area contributed by atoms with E-state index in [1.54, 1.807) is 43.3 Å². The molecule has 0 fully saturated rings. The smallest absolute Gasteiger partial charge is 0.277 e. The van der Waals surface area contributed by atoms with Crippen LogP contribution < -0.4 is 5.32 Å². The minimum atomic E-state index is -0.467. The summed E-state index contributed by atoms with van der Waals surface area (Å²) in [5, 5.41) is 6.41. The van der Waals surface area contributed by atoms with E-state index in [4.69, 9.17) is 8.94 Å². The number of nitrogens with one attached hydrogen (secondary N) is 1. The van der Waals surface area contributed by atoms with Gasteiger partial charge >= 0.3 is 0 Å². The summed E-state index contributed by atoms with van der Waals surface area (Å²) in [6, 6.07) is 12.6. The number of hydrogen-bond donors (Lipinski definition) is 1. The SMILES string of the molecule is Cc1nc2cc(NC(=O)c3cc(-c4ccccc4F)on3)ccc2o1. The van der Waals surface area contributed by atoms with Crippen molar-refractivity contribution in [1.29, 1.82) is 0 Å². The van der Waals surface area contributed by atoms with E-state index in [-0.39, 0.29) is 17.0 Å². The number of amides is 1. The highest BCUT2D eigenvalue weighted by Crippen LogP contribution is 2.24.